The van der Waals surface area contributed by atoms with Crippen LogP contribution in [0.5, 0.6) is 0 Å². The number of non-ortho nitro benzene ring substituents is 1. The summed E-state index contributed by atoms with van der Waals surface area (Å²) in [6.07, 6.45) is 1.03. The van der Waals surface area contributed by atoms with E-state index in [1.807, 2.05) is 22.8 Å². The van der Waals surface area contributed by atoms with Gasteiger partial charge in [0.1, 0.15) is 0 Å². The fourth-order valence-electron chi connectivity index (χ4n) is 2.82. The molecule has 0 saturated heterocycles. The van der Waals surface area contributed by atoms with E-state index in [0.29, 0.717) is 11.3 Å². The Kier molecular flexibility index (Phi) is 6.18. The van der Waals surface area contributed by atoms with Gasteiger partial charge in [-0.15, -0.1) is 0 Å². The van der Waals surface area contributed by atoms with Gasteiger partial charge in [0.05, 0.1) is 28.7 Å². The van der Waals surface area contributed by atoms with Crippen molar-refractivity contribution in [1.29, 1.82) is 0 Å². The van der Waals surface area contributed by atoms with Crippen LogP contribution in [0.3, 0.4) is 0 Å². The third-order valence-electron chi connectivity index (χ3n) is 4.44. The number of esters is 1. The molecular formula is C20H19N3O5S. The quantitative estimate of drug-likeness (QED) is 0.350. The van der Waals surface area contributed by atoms with Crippen molar-refractivity contribution in [2.45, 2.75) is 26.3 Å². The molecule has 0 unspecified atom stereocenters. The lowest BCUT2D eigenvalue weighted by Gasteiger charge is -2.05. The number of nitro groups is 1. The average molecular weight is 413 g/mol. The molecule has 0 aliphatic rings. The van der Waals surface area contributed by atoms with Crippen molar-refractivity contribution in [3.8, 4) is 0 Å². The van der Waals surface area contributed by atoms with Gasteiger partial charge in [0.2, 0.25) is 0 Å². The van der Waals surface area contributed by atoms with Crippen LogP contribution in [-0.4, -0.2) is 28.5 Å². The third kappa shape index (κ3) is 4.57. The highest BCUT2D eigenvalue weighted by molar-refractivity contribution is 7.16. The first-order valence-corrected chi connectivity index (χ1v) is 9.77. The van der Waals surface area contributed by atoms with Gasteiger partial charge in [0, 0.05) is 24.2 Å². The van der Waals surface area contributed by atoms with Crippen LogP contribution in [0.15, 0.2) is 47.5 Å². The Bertz CT molecular complexity index is 1150. The van der Waals surface area contributed by atoms with Crippen LogP contribution < -0.4 is 4.80 Å². The second-order valence-corrected chi connectivity index (χ2v) is 7.25. The van der Waals surface area contributed by atoms with Crippen LogP contribution in [0.25, 0.3) is 10.2 Å². The fraction of sp³-hybridized carbons (Fsp3) is 0.250. The molecule has 0 bridgehead atoms. The Hall–Kier alpha value is -3.33. The molecule has 29 heavy (non-hydrogen) atoms. The molecule has 0 saturated carbocycles. The number of ether oxygens (including phenoxy) is 1. The second kappa shape index (κ2) is 8.78. The number of amides is 1. The SMILES string of the molecule is CCc1ccc2c(c1)sc(=NC(=O)c1ccc([N+](=O)[O-])cc1)n2CCC(=O)OC. The van der Waals surface area contributed by atoms with E-state index in [1.165, 1.54) is 42.7 Å². The van der Waals surface area contributed by atoms with Crippen molar-refractivity contribution >= 4 is 39.1 Å². The highest BCUT2D eigenvalue weighted by Gasteiger charge is 2.13. The molecule has 1 amide bonds. The number of nitro benzene ring substituents is 1. The molecule has 3 rings (SSSR count). The zero-order valence-corrected chi connectivity index (χ0v) is 16.8. The van der Waals surface area contributed by atoms with Gasteiger partial charge in [-0.1, -0.05) is 24.3 Å². The monoisotopic (exact) mass is 413 g/mol. The van der Waals surface area contributed by atoms with Crippen LogP contribution >= 0.6 is 11.3 Å². The van der Waals surface area contributed by atoms with E-state index in [4.69, 9.17) is 4.74 Å². The summed E-state index contributed by atoms with van der Waals surface area (Å²) in [5.74, 6) is -0.858. The van der Waals surface area contributed by atoms with E-state index in [2.05, 4.69) is 11.9 Å². The molecule has 0 atom stereocenters. The normalized spacial score (nSPS) is 11.6. The number of methoxy groups -OCH3 is 1. The van der Waals surface area contributed by atoms with Gasteiger partial charge >= 0.3 is 5.97 Å². The number of aryl methyl sites for hydroxylation is 2. The van der Waals surface area contributed by atoms with E-state index in [-0.39, 0.29) is 23.6 Å². The Balaban J connectivity index is 2.04. The summed E-state index contributed by atoms with van der Waals surface area (Å²) in [6.45, 7) is 2.38. The van der Waals surface area contributed by atoms with E-state index in [1.54, 1.807) is 0 Å². The number of carbonyl (C=O) groups excluding carboxylic acids is 2. The number of thiazole rings is 1. The van der Waals surface area contributed by atoms with Crippen LogP contribution in [0.1, 0.15) is 29.3 Å². The maximum atomic E-state index is 12.6. The number of aromatic nitrogens is 1. The molecule has 0 N–H and O–H groups in total. The first-order valence-electron chi connectivity index (χ1n) is 8.95. The number of hydrogen-bond acceptors (Lipinski definition) is 6. The molecule has 2 aromatic carbocycles. The van der Waals surface area contributed by atoms with Crippen LogP contribution in [0, 0.1) is 10.1 Å². The fourth-order valence-corrected chi connectivity index (χ4v) is 3.94. The van der Waals surface area contributed by atoms with Gasteiger partial charge in [0.25, 0.3) is 11.6 Å². The molecule has 0 aliphatic carbocycles. The van der Waals surface area contributed by atoms with Gasteiger partial charge in [0.15, 0.2) is 4.80 Å². The number of nitrogens with zero attached hydrogens (tertiary/aromatic N) is 3. The first-order chi connectivity index (χ1) is 13.9. The Morgan fingerprint density at radius 3 is 2.55 bits per heavy atom. The molecule has 0 fully saturated rings. The zero-order chi connectivity index (χ0) is 21.0. The predicted molar refractivity (Wildman–Crippen MR) is 109 cm³/mol. The number of carbonyl (C=O) groups is 2. The van der Waals surface area contributed by atoms with Crippen LogP contribution in [0.2, 0.25) is 0 Å². The van der Waals surface area contributed by atoms with Gasteiger partial charge in [-0.25, -0.2) is 0 Å². The largest absolute Gasteiger partial charge is 0.469 e. The molecule has 9 heteroatoms. The Morgan fingerprint density at radius 2 is 1.93 bits per heavy atom. The lowest BCUT2D eigenvalue weighted by molar-refractivity contribution is -0.384. The summed E-state index contributed by atoms with van der Waals surface area (Å²) in [6, 6.07) is 11.3. The van der Waals surface area contributed by atoms with Gasteiger partial charge in [-0.2, -0.15) is 4.99 Å². The summed E-state index contributed by atoms with van der Waals surface area (Å²) in [5.41, 5.74) is 2.20. The highest BCUT2D eigenvalue weighted by atomic mass is 32.1. The van der Waals surface area contributed by atoms with Crippen molar-refractivity contribution in [2.24, 2.45) is 4.99 Å². The molecule has 150 valence electrons. The highest BCUT2D eigenvalue weighted by Crippen LogP contribution is 2.20. The molecule has 8 nitrogen and oxygen atoms in total. The summed E-state index contributed by atoms with van der Waals surface area (Å²) in [5, 5.41) is 10.8. The minimum Gasteiger partial charge on any atom is -0.469 e. The van der Waals surface area contributed by atoms with Crippen molar-refractivity contribution in [3.05, 3.63) is 68.5 Å². The van der Waals surface area contributed by atoms with Crippen LogP contribution in [-0.2, 0) is 22.5 Å². The van der Waals surface area contributed by atoms with Crippen LogP contribution in [0.4, 0.5) is 5.69 Å². The van der Waals surface area contributed by atoms with E-state index < -0.39 is 10.8 Å². The maximum Gasteiger partial charge on any atom is 0.307 e. The summed E-state index contributed by atoms with van der Waals surface area (Å²) < 4.78 is 7.50. The molecule has 0 aliphatic heterocycles. The lowest BCUT2D eigenvalue weighted by Crippen LogP contribution is -2.19. The van der Waals surface area contributed by atoms with Crippen molar-refractivity contribution in [2.75, 3.05) is 7.11 Å². The van der Waals surface area contributed by atoms with E-state index >= 15 is 0 Å². The van der Waals surface area contributed by atoms with Crippen molar-refractivity contribution in [1.82, 2.24) is 4.57 Å². The number of benzene rings is 2. The zero-order valence-electron chi connectivity index (χ0n) is 16.0. The van der Waals surface area contributed by atoms with Crippen molar-refractivity contribution < 1.29 is 19.2 Å². The van der Waals surface area contributed by atoms with Gasteiger partial charge in [-0.05, 0) is 36.2 Å². The standard InChI is InChI=1S/C20H19N3O5S/c1-3-13-4-9-16-17(12-13)29-20(22(16)11-10-18(24)28-2)21-19(25)14-5-7-15(8-6-14)23(26)27/h4-9,12H,3,10-11H2,1-2H3. The molecule has 1 heterocycles. The molecule has 1 aromatic heterocycles. The second-order valence-electron chi connectivity index (χ2n) is 6.24. The molecule has 0 spiro atoms. The number of fused-ring (bicyclic) bond motifs is 1. The van der Waals surface area contributed by atoms with E-state index in [0.717, 1.165) is 22.2 Å². The summed E-state index contributed by atoms with van der Waals surface area (Å²) in [4.78, 5) is 39.1. The topological polar surface area (TPSA) is 104 Å². The Morgan fingerprint density at radius 1 is 1.21 bits per heavy atom. The smallest absolute Gasteiger partial charge is 0.307 e. The molecular weight excluding hydrogens is 394 g/mol. The predicted octanol–water partition coefficient (Wildman–Crippen LogP) is 3.48. The number of hydrogen-bond donors (Lipinski definition) is 0. The summed E-state index contributed by atoms with van der Waals surface area (Å²) in [7, 11) is 1.33. The molecule has 3 aromatic rings. The third-order valence-corrected chi connectivity index (χ3v) is 5.49. The summed E-state index contributed by atoms with van der Waals surface area (Å²) >= 11 is 1.36. The maximum absolute atomic E-state index is 12.6. The Labute approximate surface area is 170 Å². The van der Waals surface area contributed by atoms with Gasteiger partial charge < -0.3 is 9.30 Å². The van der Waals surface area contributed by atoms with Gasteiger partial charge in [-0.3, -0.25) is 19.7 Å². The minimum absolute atomic E-state index is 0.0938. The lowest BCUT2D eigenvalue weighted by atomic mass is 10.2. The average Bonchev–Trinajstić information content (AvgIpc) is 3.07. The van der Waals surface area contributed by atoms with E-state index in [9.17, 15) is 19.7 Å². The minimum atomic E-state index is -0.524. The number of rotatable bonds is 6. The van der Waals surface area contributed by atoms with Crippen molar-refractivity contribution in [3.63, 3.8) is 0 Å². The first kappa shape index (κ1) is 20.4. The molecule has 0 radical (unpaired) electrons.